The molecule has 2 aromatic carbocycles. The van der Waals surface area contributed by atoms with Crippen molar-refractivity contribution in [2.75, 3.05) is 0 Å². The van der Waals surface area contributed by atoms with E-state index in [0.29, 0.717) is 11.8 Å². The van der Waals surface area contributed by atoms with Gasteiger partial charge in [-0.05, 0) is 29.0 Å². The summed E-state index contributed by atoms with van der Waals surface area (Å²) in [5.41, 5.74) is 1.76. The predicted molar refractivity (Wildman–Crippen MR) is 80.5 cm³/mol. The maximum Gasteiger partial charge on any atom is 0.249 e. The summed E-state index contributed by atoms with van der Waals surface area (Å²) in [5.74, 6) is 0.997. The van der Waals surface area contributed by atoms with Crippen LogP contribution in [-0.2, 0) is 0 Å². The minimum absolute atomic E-state index is 0.478. The average Bonchev–Trinajstić information content (AvgIpc) is 3.05. The van der Waals surface area contributed by atoms with Crippen molar-refractivity contribution in [3.05, 3.63) is 67.0 Å². The first-order chi connectivity index (χ1) is 10.4. The van der Waals surface area contributed by atoms with E-state index in [1.165, 1.54) is 0 Å². The van der Waals surface area contributed by atoms with Crippen molar-refractivity contribution >= 4 is 10.8 Å². The highest BCUT2D eigenvalue weighted by molar-refractivity contribution is 5.94. The van der Waals surface area contributed by atoms with E-state index < -0.39 is 0 Å². The van der Waals surface area contributed by atoms with E-state index in [-0.39, 0.29) is 0 Å². The Morgan fingerprint density at radius 3 is 2.52 bits per heavy atom. The monoisotopic (exact) mass is 273 g/mol. The van der Waals surface area contributed by atoms with Crippen LogP contribution >= 0.6 is 0 Å². The second kappa shape index (κ2) is 4.83. The molecule has 0 radical (unpaired) electrons. The van der Waals surface area contributed by atoms with Gasteiger partial charge in [0.15, 0.2) is 0 Å². The van der Waals surface area contributed by atoms with Crippen molar-refractivity contribution in [3.8, 4) is 22.9 Å². The molecule has 0 amide bonds. The predicted octanol–water partition coefficient (Wildman–Crippen LogP) is 3.95. The van der Waals surface area contributed by atoms with E-state index in [2.05, 4.69) is 33.4 Å². The maximum absolute atomic E-state index is 5.80. The number of pyridine rings is 1. The first-order valence-corrected chi connectivity index (χ1v) is 6.64. The zero-order chi connectivity index (χ0) is 14.1. The zero-order valence-corrected chi connectivity index (χ0v) is 11.1. The molecule has 0 bridgehead atoms. The Hall–Kier alpha value is -3.01. The Bertz CT molecular complexity index is 895. The molecule has 4 nitrogen and oxygen atoms in total. The molecule has 0 aliphatic heterocycles. The molecular weight excluding hydrogens is 262 g/mol. The van der Waals surface area contributed by atoms with Crippen LogP contribution in [0.3, 0.4) is 0 Å². The second-order valence-corrected chi connectivity index (χ2v) is 4.68. The average molecular weight is 273 g/mol. The first-order valence-electron chi connectivity index (χ1n) is 6.64. The second-order valence-electron chi connectivity index (χ2n) is 4.68. The van der Waals surface area contributed by atoms with E-state index in [9.17, 15) is 0 Å². The highest BCUT2D eigenvalue weighted by atomic mass is 16.4. The van der Waals surface area contributed by atoms with Crippen molar-refractivity contribution in [2.24, 2.45) is 0 Å². The van der Waals surface area contributed by atoms with Crippen LogP contribution in [0, 0.1) is 0 Å². The number of hydrogen-bond acceptors (Lipinski definition) is 4. The van der Waals surface area contributed by atoms with Gasteiger partial charge in [0, 0.05) is 18.0 Å². The Labute approximate surface area is 121 Å². The van der Waals surface area contributed by atoms with Crippen LogP contribution in [0.4, 0.5) is 0 Å². The van der Waals surface area contributed by atoms with Gasteiger partial charge >= 0.3 is 0 Å². The molecule has 0 saturated carbocycles. The molecule has 0 unspecified atom stereocenters. The summed E-state index contributed by atoms with van der Waals surface area (Å²) in [7, 11) is 0. The molecule has 2 aromatic heterocycles. The molecule has 100 valence electrons. The lowest BCUT2D eigenvalue weighted by atomic mass is 10.0. The van der Waals surface area contributed by atoms with Crippen molar-refractivity contribution in [2.45, 2.75) is 0 Å². The summed E-state index contributed by atoms with van der Waals surface area (Å²) < 4.78 is 5.80. The molecule has 2 heterocycles. The molecule has 0 spiro atoms. The standard InChI is InChI=1S/C17H11N3O/c1-2-8-14-12(5-1)6-3-9-15(14)17-20-19-16(21-17)13-7-4-10-18-11-13/h1-11H. The molecule has 0 aliphatic carbocycles. The van der Waals surface area contributed by atoms with Gasteiger partial charge in [-0.1, -0.05) is 36.4 Å². The molecular formula is C17H11N3O. The number of rotatable bonds is 2. The Kier molecular flexibility index (Phi) is 2.71. The van der Waals surface area contributed by atoms with Crippen LogP contribution in [0.2, 0.25) is 0 Å². The van der Waals surface area contributed by atoms with Gasteiger partial charge in [0.2, 0.25) is 11.8 Å². The van der Waals surface area contributed by atoms with Crippen LogP contribution in [0.1, 0.15) is 0 Å². The maximum atomic E-state index is 5.80. The largest absolute Gasteiger partial charge is 0.416 e. The number of aromatic nitrogens is 3. The Balaban J connectivity index is 1.85. The van der Waals surface area contributed by atoms with Gasteiger partial charge in [-0.3, -0.25) is 4.98 Å². The molecule has 0 aliphatic rings. The Morgan fingerprint density at radius 2 is 1.62 bits per heavy atom. The van der Waals surface area contributed by atoms with Gasteiger partial charge in [-0.2, -0.15) is 0 Å². The normalized spacial score (nSPS) is 10.9. The third-order valence-electron chi connectivity index (χ3n) is 3.35. The third-order valence-corrected chi connectivity index (χ3v) is 3.35. The van der Waals surface area contributed by atoms with Crippen molar-refractivity contribution in [3.63, 3.8) is 0 Å². The number of hydrogen-bond donors (Lipinski definition) is 0. The summed E-state index contributed by atoms with van der Waals surface area (Å²) in [4.78, 5) is 4.07. The molecule has 4 heteroatoms. The van der Waals surface area contributed by atoms with Crippen molar-refractivity contribution in [1.82, 2.24) is 15.2 Å². The summed E-state index contributed by atoms with van der Waals surface area (Å²) >= 11 is 0. The molecule has 4 aromatic rings. The van der Waals surface area contributed by atoms with Crippen LogP contribution in [0.15, 0.2) is 71.4 Å². The van der Waals surface area contributed by atoms with E-state index >= 15 is 0 Å². The van der Waals surface area contributed by atoms with Crippen LogP contribution in [0.5, 0.6) is 0 Å². The third kappa shape index (κ3) is 2.07. The van der Waals surface area contributed by atoms with Gasteiger partial charge < -0.3 is 4.42 Å². The fourth-order valence-corrected chi connectivity index (χ4v) is 2.35. The summed E-state index contributed by atoms with van der Waals surface area (Å²) in [5, 5.41) is 10.5. The summed E-state index contributed by atoms with van der Waals surface area (Å²) in [6.45, 7) is 0. The van der Waals surface area contributed by atoms with Gasteiger partial charge in [0.1, 0.15) is 0 Å². The van der Waals surface area contributed by atoms with E-state index in [1.807, 2.05) is 36.4 Å². The quantitative estimate of drug-likeness (QED) is 0.555. The van der Waals surface area contributed by atoms with Gasteiger partial charge in [-0.25, -0.2) is 0 Å². The van der Waals surface area contributed by atoms with E-state index in [1.54, 1.807) is 12.4 Å². The lowest BCUT2D eigenvalue weighted by Crippen LogP contribution is -1.81. The molecule has 0 N–H and O–H groups in total. The van der Waals surface area contributed by atoms with Crippen LogP contribution in [-0.4, -0.2) is 15.2 Å². The number of benzene rings is 2. The molecule has 4 rings (SSSR count). The van der Waals surface area contributed by atoms with E-state index in [0.717, 1.165) is 21.9 Å². The Morgan fingerprint density at radius 1 is 0.762 bits per heavy atom. The highest BCUT2D eigenvalue weighted by Crippen LogP contribution is 2.29. The summed E-state index contributed by atoms with van der Waals surface area (Å²) in [6, 6.07) is 17.9. The minimum atomic E-state index is 0.478. The van der Waals surface area contributed by atoms with Gasteiger partial charge in [-0.15, -0.1) is 10.2 Å². The fourth-order valence-electron chi connectivity index (χ4n) is 2.35. The van der Waals surface area contributed by atoms with Crippen LogP contribution in [0.25, 0.3) is 33.7 Å². The van der Waals surface area contributed by atoms with Crippen LogP contribution < -0.4 is 0 Å². The first kappa shape index (κ1) is 11.8. The molecule has 0 fully saturated rings. The molecule has 21 heavy (non-hydrogen) atoms. The smallest absolute Gasteiger partial charge is 0.249 e. The van der Waals surface area contributed by atoms with Crippen molar-refractivity contribution < 1.29 is 4.42 Å². The zero-order valence-electron chi connectivity index (χ0n) is 11.1. The minimum Gasteiger partial charge on any atom is -0.416 e. The van der Waals surface area contributed by atoms with Gasteiger partial charge in [0.05, 0.1) is 5.56 Å². The summed E-state index contributed by atoms with van der Waals surface area (Å²) in [6.07, 6.45) is 3.42. The lowest BCUT2D eigenvalue weighted by Gasteiger charge is -2.01. The molecule has 0 saturated heterocycles. The fraction of sp³-hybridized carbons (Fsp3) is 0. The van der Waals surface area contributed by atoms with Crippen molar-refractivity contribution in [1.29, 1.82) is 0 Å². The van der Waals surface area contributed by atoms with E-state index in [4.69, 9.17) is 4.42 Å². The number of fused-ring (bicyclic) bond motifs is 1. The topological polar surface area (TPSA) is 51.8 Å². The number of nitrogens with zero attached hydrogens (tertiary/aromatic N) is 3. The molecule has 0 atom stereocenters. The lowest BCUT2D eigenvalue weighted by molar-refractivity contribution is 0.585. The SMILES string of the molecule is c1cncc(-c2nnc(-c3cccc4ccccc34)o2)c1. The highest BCUT2D eigenvalue weighted by Gasteiger charge is 2.12. The van der Waals surface area contributed by atoms with Gasteiger partial charge in [0.25, 0.3) is 0 Å².